The molecule has 120 valence electrons. The van der Waals surface area contributed by atoms with Gasteiger partial charge >= 0.3 is 5.97 Å². The van der Waals surface area contributed by atoms with Crippen molar-refractivity contribution in [2.75, 3.05) is 19.7 Å². The van der Waals surface area contributed by atoms with Gasteiger partial charge in [-0.05, 0) is 30.7 Å². The molecule has 0 bridgehead atoms. The second kappa shape index (κ2) is 8.51. The molecule has 1 aromatic rings. The van der Waals surface area contributed by atoms with Crippen molar-refractivity contribution < 1.29 is 17.9 Å². The van der Waals surface area contributed by atoms with Gasteiger partial charge in [-0.2, -0.15) is 9.57 Å². The van der Waals surface area contributed by atoms with E-state index in [4.69, 9.17) is 10.00 Å². The predicted molar refractivity (Wildman–Crippen MR) is 81.7 cm³/mol. The van der Waals surface area contributed by atoms with Gasteiger partial charge < -0.3 is 4.74 Å². The maximum atomic E-state index is 12.3. The average Bonchev–Trinajstić information content (AvgIpc) is 2.52. The molecule has 0 atom stereocenters. The van der Waals surface area contributed by atoms with Gasteiger partial charge in [0, 0.05) is 19.5 Å². The zero-order chi connectivity index (χ0) is 16.6. The van der Waals surface area contributed by atoms with Crippen molar-refractivity contribution in [2.45, 2.75) is 31.6 Å². The number of carbonyl (C=O) groups is 1. The normalized spacial score (nSPS) is 11.2. The minimum atomic E-state index is -3.52. The Morgan fingerprint density at radius 2 is 1.82 bits per heavy atom. The minimum absolute atomic E-state index is 0.150. The van der Waals surface area contributed by atoms with Crippen LogP contribution in [-0.2, 0) is 14.8 Å². The van der Waals surface area contributed by atoms with E-state index in [9.17, 15) is 13.2 Å². The van der Waals surface area contributed by atoms with Crippen molar-refractivity contribution >= 4 is 16.0 Å². The van der Waals surface area contributed by atoms with Crippen molar-refractivity contribution in [1.82, 2.24) is 4.31 Å². The maximum absolute atomic E-state index is 12.3. The Morgan fingerprint density at radius 3 is 2.32 bits per heavy atom. The smallest absolute Gasteiger partial charge is 0.338 e. The fourth-order valence-electron chi connectivity index (χ4n) is 1.88. The molecule has 1 aromatic carbocycles. The highest BCUT2D eigenvalue weighted by atomic mass is 32.2. The number of hydrogen-bond donors (Lipinski definition) is 0. The number of sulfonamides is 1. The summed E-state index contributed by atoms with van der Waals surface area (Å²) in [5.41, 5.74) is 0.287. The fraction of sp³-hybridized carbons (Fsp3) is 0.467. The Labute approximate surface area is 131 Å². The lowest BCUT2D eigenvalue weighted by molar-refractivity contribution is 0.0501. The first kappa shape index (κ1) is 18.1. The van der Waals surface area contributed by atoms with Crippen LogP contribution in [0.5, 0.6) is 0 Å². The van der Waals surface area contributed by atoms with E-state index in [0.29, 0.717) is 25.9 Å². The molecule has 0 unspecified atom stereocenters. The lowest BCUT2D eigenvalue weighted by atomic mass is 10.2. The SMILES string of the molecule is CCN(CC)S(=O)(=O)c1ccc(C(=O)OCCCC#N)cc1. The van der Waals surface area contributed by atoms with E-state index in [1.165, 1.54) is 28.6 Å². The van der Waals surface area contributed by atoms with E-state index in [-0.39, 0.29) is 17.1 Å². The molecular weight excluding hydrogens is 304 g/mol. The topological polar surface area (TPSA) is 87.5 Å². The molecule has 0 N–H and O–H groups in total. The third-order valence-electron chi connectivity index (χ3n) is 3.10. The number of nitriles is 1. The summed E-state index contributed by atoms with van der Waals surface area (Å²) in [4.78, 5) is 11.9. The Hall–Kier alpha value is -1.91. The van der Waals surface area contributed by atoms with Crippen molar-refractivity contribution in [3.63, 3.8) is 0 Å². The fourth-order valence-corrected chi connectivity index (χ4v) is 3.33. The molecule has 0 aromatic heterocycles. The van der Waals surface area contributed by atoms with Crippen LogP contribution < -0.4 is 0 Å². The number of ether oxygens (including phenoxy) is 1. The van der Waals surface area contributed by atoms with E-state index in [1.807, 2.05) is 6.07 Å². The van der Waals surface area contributed by atoms with Crippen LogP contribution in [0.1, 0.15) is 37.0 Å². The quantitative estimate of drug-likeness (QED) is 0.540. The van der Waals surface area contributed by atoms with Gasteiger partial charge in [-0.25, -0.2) is 13.2 Å². The lowest BCUT2D eigenvalue weighted by Gasteiger charge is -2.18. The first-order valence-electron chi connectivity index (χ1n) is 7.11. The highest BCUT2D eigenvalue weighted by molar-refractivity contribution is 7.89. The molecule has 0 fully saturated rings. The Morgan fingerprint density at radius 1 is 1.23 bits per heavy atom. The zero-order valence-electron chi connectivity index (χ0n) is 12.8. The Balaban J connectivity index is 2.78. The molecule has 0 aliphatic carbocycles. The molecule has 0 radical (unpaired) electrons. The molecule has 0 aliphatic rings. The summed E-state index contributed by atoms with van der Waals surface area (Å²) in [6.45, 7) is 4.50. The number of benzene rings is 1. The highest BCUT2D eigenvalue weighted by Gasteiger charge is 2.21. The van der Waals surface area contributed by atoms with Gasteiger partial charge in [-0.3, -0.25) is 0 Å². The van der Waals surface area contributed by atoms with E-state index in [1.54, 1.807) is 13.8 Å². The van der Waals surface area contributed by atoms with Crippen molar-refractivity contribution in [2.24, 2.45) is 0 Å². The summed E-state index contributed by atoms with van der Waals surface area (Å²) in [6, 6.07) is 7.64. The van der Waals surface area contributed by atoms with Crippen LogP contribution >= 0.6 is 0 Å². The largest absolute Gasteiger partial charge is 0.462 e. The van der Waals surface area contributed by atoms with Crippen LogP contribution in [0.2, 0.25) is 0 Å². The van der Waals surface area contributed by atoms with Gasteiger partial charge in [0.05, 0.1) is 23.1 Å². The van der Waals surface area contributed by atoms with Crippen molar-refractivity contribution in [1.29, 1.82) is 5.26 Å². The first-order chi connectivity index (χ1) is 10.5. The Kier molecular flexibility index (Phi) is 7.02. The maximum Gasteiger partial charge on any atom is 0.338 e. The number of esters is 1. The highest BCUT2D eigenvalue weighted by Crippen LogP contribution is 2.16. The van der Waals surface area contributed by atoms with E-state index < -0.39 is 16.0 Å². The molecular formula is C15H20N2O4S. The summed E-state index contributed by atoms with van der Waals surface area (Å²) in [7, 11) is -3.52. The number of carbonyl (C=O) groups excluding carboxylic acids is 1. The van der Waals surface area contributed by atoms with Crippen molar-refractivity contribution in [3.8, 4) is 6.07 Å². The van der Waals surface area contributed by atoms with Gasteiger partial charge in [0.15, 0.2) is 0 Å². The van der Waals surface area contributed by atoms with Gasteiger partial charge in [-0.1, -0.05) is 13.8 Å². The Bertz CT molecular complexity index is 629. The van der Waals surface area contributed by atoms with Crippen LogP contribution in [0.3, 0.4) is 0 Å². The molecule has 0 aliphatic heterocycles. The number of nitrogens with zero attached hydrogens (tertiary/aromatic N) is 2. The molecule has 0 amide bonds. The molecule has 0 heterocycles. The number of rotatable bonds is 8. The lowest BCUT2D eigenvalue weighted by Crippen LogP contribution is -2.30. The molecule has 0 saturated heterocycles. The van der Waals surface area contributed by atoms with Gasteiger partial charge in [-0.15, -0.1) is 0 Å². The molecule has 0 spiro atoms. The second-order valence-electron chi connectivity index (χ2n) is 4.51. The van der Waals surface area contributed by atoms with Crippen molar-refractivity contribution in [3.05, 3.63) is 29.8 Å². The minimum Gasteiger partial charge on any atom is -0.462 e. The molecule has 1 rings (SSSR count). The summed E-state index contributed by atoms with van der Waals surface area (Å²) < 4.78 is 30.9. The second-order valence-corrected chi connectivity index (χ2v) is 6.45. The van der Waals surface area contributed by atoms with Crippen LogP contribution in [-0.4, -0.2) is 38.4 Å². The van der Waals surface area contributed by atoms with Crippen LogP contribution in [0, 0.1) is 11.3 Å². The van der Waals surface area contributed by atoms with E-state index in [0.717, 1.165) is 0 Å². The van der Waals surface area contributed by atoms with Gasteiger partial charge in [0.2, 0.25) is 10.0 Å². The molecule has 0 saturated carbocycles. The predicted octanol–water partition coefficient (Wildman–Crippen LogP) is 2.18. The van der Waals surface area contributed by atoms with Crippen LogP contribution in [0.25, 0.3) is 0 Å². The standard InChI is InChI=1S/C15H20N2O4S/c1-3-17(4-2)22(19,20)14-9-7-13(8-10-14)15(18)21-12-6-5-11-16/h7-10H,3-6,12H2,1-2H3. The molecule has 7 heteroatoms. The average molecular weight is 324 g/mol. The van der Waals surface area contributed by atoms with Crippen LogP contribution in [0.4, 0.5) is 0 Å². The van der Waals surface area contributed by atoms with E-state index >= 15 is 0 Å². The van der Waals surface area contributed by atoms with Gasteiger partial charge in [0.25, 0.3) is 0 Å². The molecule has 22 heavy (non-hydrogen) atoms. The third kappa shape index (κ3) is 4.55. The van der Waals surface area contributed by atoms with E-state index in [2.05, 4.69) is 0 Å². The number of unbranched alkanes of at least 4 members (excludes halogenated alkanes) is 1. The summed E-state index contributed by atoms with van der Waals surface area (Å²) in [6.07, 6.45) is 0.811. The summed E-state index contributed by atoms with van der Waals surface area (Å²) in [5.74, 6) is -0.523. The first-order valence-corrected chi connectivity index (χ1v) is 8.55. The number of hydrogen-bond acceptors (Lipinski definition) is 5. The van der Waals surface area contributed by atoms with Gasteiger partial charge in [0.1, 0.15) is 0 Å². The zero-order valence-corrected chi connectivity index (χ0v) is 13.6. The van der Waals surface area contributed by atoms with Crippen LogP contribution in [0.15, 0.2) is 29.2 Å². The monoisotopic (exact) mass is 324 g/mol. The summed E-state index contributed by atoms with van der Waals surface area (Å²) in [5, 5.41) is 8.39. The molecule has 6 nitrogen and oxygen atoms in total. The third-order valence-corrected chi connectivity index (χ3v) is 5.16. The summed E-state index contributed by atoms with van der Waals surface area (Å²) >= 11 is 0.